The second-order valence-corrected chi connectivity index (χ2v) is 7.13. The Labute approximate surface area is 145 Å². The van der Waals surface area contributed by atoms with Crippen molar-refractivity contribution in [3.63, 3.8) is 0 Å². The highest BCUT2D eigenvalue weighted by molar-refractivity contribution is 7.89. The Kier molecular flexibility index (Phi) is 6.19. The van der Waals surface area contributed by atoms with Gasteiger partial charge in [0.05, 0.1) is 4.90 Å². The van der Waals surface area contributed by atoms with E-state index in [1.165, 1.54) is 18.2 Å². The van der Waals surface area contributed by atoms with Crippen molar-refractivity contribution in [3.8, 4) is 0 Å². The molecule has 1 amide bonds. The van der Waals surface area contributed by atoms with Gasteiger partial charge in [-0.25, -0.2) is 13.1 Å². The van der Waals surface area contributed by atoms with Gasteiger partial charge >= 0.3 is 0 Å². The molecule has 0 aliphatic carbocycles. The van der Waals surface area contributed by atoms with Gasteiger partial charge in [-0.1, -0.05) is 17.7 Å². The predicted molar refractivity (Wildman–Crippen MR) is 92.1 cm³/mol. The predicted octanol–water partition coefficient (Wildman–Crippen LogP) is 2.35. The van der Waals surface area contributed by atoms with Crippen LogP contribution in [0.15, 0.2) is 51.8 Å². The minimum Gasteiger partial charge on any atom is -0.462 e. The number of nitrogens with one attached hydrogen (secondary N) is 2. The number of furan rings is 1. The van der Waals surface area contributed by atoms with E-state index < -0.39 is 10.0 Å². The fraction of sp³-hybridized carbons (Fsp3) is 0.188. The molecule has 128 valence electrons. The standard InChI is InChI=1S/C16H17ClN2O4S/c1-12-5-6-14(23-12)7-8-16(20)18-9-10-19-24(21,22)15-4-2-3-13(17)11-15/h2-8,11,19H,9-10H2,1H3,(H,18,20). The molecule has 2 N–H and O–H groups in total. The molecule has 0 atom stereocenters. The topological polar surface area (TPSA) is 88.4 Å². The second kappa shape index (κ2) is 8.14. The van der Waals surface area contributed by atoms with Crippen molar-refractivity contribution in [3.05, 3.63) is 59.0 Å². The quantitative estimate of drug-likeness (QED) is 0.580. The molecule has 8 heteroatoms. The van der Waals surface area contributed by atoms with Crippen LogP contribution in [-0.2, 0) is 14.8 Å². The van der Waals surface area contributed by atoms with Gasteiger partial charge in [0.25, 0.3) is 0 Å². The molecule has 0 saturated heterocycles. The molecule has 1 aromatic carbocycles. The van der Waals surface area contributed by atoms with Gasteiger partial charge in [-0.15, -0.1) is 0 Å². The van der Waals surface area contributed by atoms with Gasteiger partial charge in [-0.3, -0.25) is 4.79 Å². The van der Waals surface area contributed by atoms with Crippen molar-refractivity contribution in [2.45, 2.75) is 11.8 Å². The van der Waals surface area contributed by atoms with Gasteiger partial charge in [-0.05, 0) is 43.3 Å². The van der Waals surface area contributed by atoms with Gasteiger partial charge in [0.1, 0.15) is 11.5 Å². The van der Waals surface area contributed by atoms with E-state index in [2.05, 4.69) is 10.0 Å². The van der Waals surface area contributed by atoms with Crippen LogP contribution in [0.2, 0.25) is 5.02 Å². The lowest BCUT2D eigenvalue weighted by atomic mass is 10.4. The Morgan fingerprint density at radius 2 is 2.04 bits per heavy atom. The molecule has 0 aliphatic heterocycles. The van der Waals surface area contributed by atoms with Gasteiger partial charge in [0.15, 0.2) is 0 Å². The molecule has 0 fully saturated rings. The van der Waals surface area contributed by atoms with E-state index in [0.717, 1.165) is 5.76 Å². The lowest BCUT2D eigenvalue weighted by Gasteiger charge is -2.07. The Morgan fingerprint density at radius 3 is 2.71 bits per heavy atom. The van der Waals surface area contributed by atoms with E-state index in [9.17, 15) is 13.2 Å². The summed E-state index contributed by atoms with van der Waals surface area (Å²) < 4.78 is 31.8. The molecule has 2 rings (SSSR count). The first-order chi connectivity index (χ1) is 11.4. The third-order valence-electron chi connectivity index (χ3n) is 2.98. The molecule has 0 radical (unpaired) electrons. The van der Waals surface area contributed by atoms with Gasteiger partial charge in [0, 0.05) is 24.2 Å². The highest BCUT2D eigenvalue weighted by atomic mass is 35.5. The Morgan fingerprint density at radius 1 is 1.25 bits per heavy atom. The minimum absolute atomic E-state index is 0.0638. The third kappa shape index (κ3) is 5.52. The number of benzene rings is 1. The molecule has 0 saturated carbocycles. The number of hydrogen-bond acceptors (Lipinski definition) is 4. The largest absolute Gasteiger partial charge is 0.462 e. The molecule has 1 heterocycles. The van der Waals surface area contributed by atoms with Crippen molar-refractivity contribution >= 4 is 33.6 Å². The van der Waals surface area contributed by atoms with Crippen molar-refractivity contribution in [1.82, 2.24) is 10.0 Å². The van der Waals surface area contributed by atoms with E-state index in [4.69, 9.17) is 16.0 Å². The monoisotopic (exact) mass is 368 g/mol. The maximum absolute atomic E-state index is 12.0. The van der Waals surface area contributed by atoms with Crippen LogP contribution in [0, 0.1) is 6.92 Å². The molecular weight excluding hydrogens is 352 g/mol. The van der Waals surface area contributed by atoms with Gasteiger partial charge in [-0.2, -0.15) is 0 Å². The van der Waals surface area contributed by atoms with Crippen LogP contribution >= 0.6 is 11.6 Å². The van der Waals surface area contributed by atoms with Crippen LogP contribution in [0.1, 0.15) is 11.5 Å². The normalized spacial score (nSPS) is 11.8. The Balaban J connectivity index is 1.78. The zero-order valence-electron chi connectivity index (χ0n) is 13.0. The first kappa shape index (κ1) is 18.3. The van der Waals surface area contributed by atoms with Crippen molar-refractivity contribution in [2.24, 2.45) is 0 Å². The summed E-state index contributed by atoms with van der Waals surface area (Å²) in [7, 11) is -3.65. The maximum Gasteiger partial charge on any atom is 0.244 e. The Bertz CT molecular complexity index is 843. The van der Waals surface area contributed by atoms with Crippen LogP contribution in [0.5, 0.6) is 0 Å². The molecule has 0 bridgehead atoms. The Hall–Kier alpha value is -2.09. The average molecular weight is 369 g/mol. The van der Waals surface area contributed by atoms with Crippen LogP contribution in [-0.4, -0.2) is 27.4 Å². The molecule has 6 nitrogen and oxygen atoms in total. The summed E-state index contributed by atoms with van der Waals surface area (Å²) in [4.78, 5) is 11.7. The maximum atomic E-state index is 12.0. The number of amides is 1. The van der Waals surface area contributed by atoms with Crippen molar-refractivity contribution in [2.75, 3.05) is 13.1 Å². The number of halogens is 1. The second-order valence-electron chi connectivity index (χ2n) is 4.93. The zero-order chi connectivity index (χ0) is 17.6. The van der Waals surface area contributed by atoms with Crippen molar-refractivity contribution in [1.29, 1.82) is 0 Å². The minimum atomic E-state index is -3.65. The van der Waals surface area contributed by atoms with Gasteiger partial charge < -0.3 is 9.73 Å². The molecule has 0 aliphatic rings. The van der Waals surface area contributed by atoms with E-state index in [1.54, 1.807) is 30.3 Å². The molecule has 0 spiro atoms. The number of hydrogen-bond donors (Lipinski definition) is 2. The average Bonchev–Trinajstić information content (AvgIpc) is 2.95. The first-order valence-corrected chi connectivity index (χ1v) is 9.00. The highest BCUT2D eigenvalue weighted by Crippen LogP contribution is 2.14. The van der Waals surface area contributed by atoms with E-state index >= 15 is 0 Å². The molecule has 0 unspecified atom stereocenters. The lowest BCUT2D eigenvalue weighted by Crippen LogP contribution is -2.34. The number of rotatable bonds is 7. The summed E-state index contributed by atoms with van der Waals surface area (Å²) in [6.07, 6.45) is 2.86. The summed E-state index contributed by atoms with van der Waals surface area (Å²) in [5.74, 6) is 0.987. The molecule has 2 aromatic rings. The first-order valence-electron chi connectivity index (χ1n) is 7.14. The number of carbonyl (C=O) groups excluding carboxylic acids is 1. The SMILES string of the molecule is Cc1ccc(C=CC(=O)NCCNS(=O)(=O)c2cccc(Cl)c2)o1. The summed E-state index contributed by atoms with van der Waals surface area (Å²) in [6, 6.07) is 9.49. The van der Waals surface area contributed by atoms with E-state index in [0.29, 0.717) is 10.8 Å². The van der Waals surface area contributed by atoms with Crippen LogP contribution in [0.3, 0.4) is 0 Å². The molecule has 1 aromatic heterocycles. The van der Waals surface area contributed by atoms with Crippen LogP contribution in [0.25, 0.3) is 6.08 Å². The molecular formula is C16H17ClN2O4S. The number of sulfonamides is 1. The smallest absolute Gasteiger partial charge is 0.244 e. The summed E-state index contributed by atoms with van der Waals surface area (Å²) in [5, 5.41) is 2.91. The fourth-order valence-corrected chi connectivity index (χ4v) is 3.18. The zero-order valence-corrected chi connectivity index (χ0v) is 14.5. The van der Waals surface area contributed by atoms with Crippen LogP contribution < -0.4 is 10.0 Å². The molecule has 24 heavy (non-hydrogen) atoms. The number of aryl methyl sites for hydroxylation is 1. The third-order valence-corrected chi connectivity index (χ3v) is 4.68. The van der Waals surface area contributed by atoms with E-state index in [1.807, 2.05) is 6.92 Å². The van der Waals surface area contributed by atoms with Crippen molar-refractivity contribution < 1.29 is 17.6 Å². The van der Waals surface area contributed by atoms with E-state index in [-0.39, 0.29) is 23.9 Å². The lowest BCUT2D eigenvalue weighted by molar-refractivity contribution is -0.116. The summed E-state index contributed by atoms with van der Waals surface area (Å²) in [6.45, 7) is 2.03. The summed E-state index contributed by atoms with van der Waals surface area (Å²) >= 11 is 5.78. The van der Waals surface area contributed by atoms with Crippen LogP contribution in [0.4, 0.5) is 0 Å². The van der Waals surface area contributed by atoms with Gasteiger partial charge in [0.2, 0.25) is 15.9 Å². The summed E-state index contributed by atoms with van der Waals surface area (Å²) in [5.41, 5.74) is 0. The number of carbonyl (C=O) groups is 1. The highest BCUT2D eigenvalue weighted by Gasteiger charge is 2.13. The fourth-order valence-electron chi connectivity index (χ4n) is 1.85.